The Kier molecular flexibility index (Phi) is 6.47. The molecule has 0 atom stereocenters. The van der Waals surface area contributed by atoms with Gasteiger partial charge in [-0.3, -0.25) is 9.78 Å². The highest BCUT2D eigenvalue weighted by atomic mass is 32.2. The zero-order chi connectivity index (χ0) is 12.5. The highest BCUT2D eigenvalue weighted by molar-refractivity contribution is 7.98. The van der Waals surface area contributed by atoms with Crippen LogP contribution in [0.25, 0.3) is 0 Å². The van der Waals surface area contributed by atoms with Gasteiger partial charge < -0.3 is 10.6 Å². The first kappa shape index (κ1) is 13.8. The second kappa shape index (κ2) is 7.95. The van der Waals surface area contributed by atoms with Crippen LogP contribution in [-0.2, 0) is 0 Å². The SMILES string of the molecule is CCCNc1cnccc1C(=O)NCCSC. The Bertz CT molecular complexity index is 357. The van der Waals surface area contributed by atoms with Crippen LogP contribution in [-0.4, -0.2) is 36.0 Å². The van der Waals surface area contributed by atoms with E-state index in [1.165, 1.54) is 0 Å². The zero-order valence-corrected chi connectivity index (χ0v) is 11.1. The maximum Gasteiger partial charge on any atom is 0.253 e. The number of amides is 1. The number of thioether (sulfide) groups is 1. The standard InChI is InChI=1S/C12H19N3OS/c1-3-5-14-11-9-13-6-4-10(11)12(16)15-7-8-17-2/h4,6,9,14H,3,5,7-8H2,1-2H3,(H,15,16). The van der Waals surface area contributed by atoms with Gasteiger partial charge in [0.15, 0.2) is 0 Å². The van der Waals surface area contributed by atoms with Crippen molar-refractivity contribution in [3.8, 4) is 0 Å². The first-order valence-corrected chi connectivity index (χ1v) is 7.14. The van der Waals surface area contributed by atoms with Crippen molar-refractivity contribution >= 4 is 23.4 Å². The quantitative estimate of drug-likeness (QED) is 0.730. The smallest absolute Gasteiger partial charge is 0.253 e. The predicted octanol–water partition coefficient (Wildman–Crippen LogP) is 2.00. The maximum atomic E-state index is 11.9. The lowest BCUT2D eigenvalue weighted by atomic mass is 10.2. The van der Waals surface area contributed by atoms with Crippen LogP contribution in [0.5, 0.6) is 0 Å². The summed E-state index contributed by atoms with van der Waals surface area (Å²) in [6, 6.07) is 1.74. The van der Waals surface area contributed by atoms with Crippen molar-refractivity contribution in [2.75, 3.05) is 30.4 Å². The molecule has 0 aliphatic rings. The molecular weight excluding hydrogens is 234 g/mol. The Hall–Kier alpha value is -1.23. The van der Waals surface area contributed by atoms with Crippen LogP contribution in [0.15, 0.2) is 18.5 Å². The molecule has 0 aliphatic carbocycles. The minimum Gasteiger partial charge on any atom is -0.383 e. The van der Waals surface area contributed by atoms with Crippen molar-refractivity contribution in [1.29, 1.82) is 0 Å². The number of aromatic nitrogens is 1. The summed E-state index contributed by atoms with van der Waals surface area (Å²) in [6.45, 7) is 3.62. The molecule has 0 bridgehead atoms. The van der Waals surface area contributed by atoms with E-state index in [4.69, 9.17) is 0 Å². The largest absolute Gasteiger partial charge is 0.383 e. The lowest BCUT2D eigenvalue weighted by molar-refractivity contribution is 0.0957. The Morgan fingerprint density at radius 2 is 2.29 bits per heavy atom. The molecule has 4 nitrogen and oxygen atoms in total. The maximum absolute atomic E-state index is 11.9. The summed E-state index contributed by atoms with van der Waals surface area (Å²) in [4.78, 5) is 15.9. The van der Waals surface area contributed by atoms with E-state index < -0.39 is 0 Å². The van der Waals surface area contributed by atoms with E-state index in [1.54, 1.807) is 30.2 Å². The molecule has 0 fully saturated rings. The summed E-state index contributed by atoms with van der Waals surface area (Å²) in [7, 11) is 0. The van der Waals surface area contributed by atoms with E-state index in [0.29, 0.717) is 12.1 Å². The van der Waals surface area contributed by atoms with E-state index in [1.807, 2.05) is 6.26 Å². The van der Waals surface area contributed by atoms with Crippen LogP contribution in [0.2, 0.25) is 0 Å². The summed E-state index contributed by atoms with van der Waals surface area (Å²) < 4.78 is 0. The van der Waals surface area contributed by atoms with E-state index in [2.05, 4.69) is 22.5 Å². The van der Waals surface area contributed by atoms with Crippen molar-refractivity contribution < 1.29 is 4.79 Å². The molecule has 0 saturated carbocycles. The number of pyridine rings is 1. The van der Waals surface area contributed by atoms with Gasteiger partial charge in [-0.1, -0.05) is 6.92 Å². The number of rotatable bonds is 7. The number of carbonyl (C=O) groups is 1. The third-order valence-corrected chi connectivity index (χ3v) is 2.84. The Morgan fingerprint density at radius 3 is 3.00 bits per heavy atom. The van der Waals surface area contributed by atoms with Gasteiger partial charge >= 0.3 is 0 Å². The molecule has 5 heteroatoms. The summed E-state index contributed by atoms with van der Waals surface area (Å²) in [6.07, 6.45) is 6.37. The fourth-order valence-corrected chi connectivity index (χ4v) is 1.66. The minimum atomic E-state index is -0.0416. The fraction of sp³-hybridized carbons (Fsp3) is 0.500. The minimum absolute atomic E-state index is 0.0416. The van der Waals surface area contributed by atoms with Crippen LogP contribution in [0.3, 0.4) is 0 Å². The van der Waals surface area contributed by atoms with E-state index in [9.17, 15) is 4.79 Å². The molecule has 1 heterocycles. The van der Waals surface area contributed by atoms with Crippen LogP contribution in [0.4, 0.5) is 5.69 Å². The van der Waals surface area contributed by atoms with Gasteiger partial charge in [-0.2, -0.15) is 11.8 Å². The van der Waals surface area contributed by atoms with Crippen molar-refractivity contribution in [3.05, 3.63) is 24.0 Å². The predicted molar refractivity (Wildman–Crippen MR) is 73.7 cm³/mol. The molecule has 1 rings (SSSR count). The third kappa shape index (κ3) is 4.65. The highest BCUT2D eigenvalue weighted by Crippen LogP contribution is 2.13. The molecule has 1 amide bonds. The normalized spacial score (nSPS) is 10.0. The second-order valence-electron chi connectivity index (χ2n) is 3.60. The fourth-order valence-electron chi connectivity index (χ4n) is 1.35. The van der Waals surface area contributed by atoms with Crippen molar-refractivity contribution in [2.24, 2.45) is 0 Å². The van der Waals surface area contributed by atoms with E-state index in [-0.39, 0.29) is 5.91 Å². The monoisotopic (exact) mass is 253 g/mol. The van der Waals surface area contributed by atoms with Crippen LogP contribution in [0, 0.1) is 0 Å². The van der Waals surface area contributed by atoms with Gasteiger partial charge in [-0.15, -0.1) is 0 Å². The summed E-state index contributed by atoms with van der Waals surface area (Å²) in [5.41, 5.74) is 1.46. The van der Waals surface area contributed by atoms with Gasteiger partial charge in [-0.05, 0) is 18.7 Å². The van der Waals surface area contributed by atoms with Gasteiger partial charge in [0, 0.05) is 25.0 Å². The van der Waals surface area contributed by atoms with E-state index >= 15 is 0 Å². The molecule has 0 saturated heterocycles. The van der Waals surface area contributed by atoms with Gasteiger partial charge in [-0.25, -0.2) is 0 Å². The summed E-state index contributed by atoms with van der Waals surface area (Å²) in [5.74, 6) is 0.884. The average Bonchev–Trinajstić information content (AvgIpc) is 2.37. The number of nitrogens with zero attached hydrogens (tertiary/aromatic N) is 1. The Morgan fingerprint density at radius 1 is 1.47 bits per heavy atom. The first-order valence-electron chi connectivity index (χ1n) is 5.74. The molecule has 0 radical (unpaired) electrons. The van der Waals surface area contributed by atoms with Gasteiger partial charge in [0.05, 0.1) is 17.4 Å². The Balaban J connectivity index is 2.64. The second-order valence-corrected chi connectivity index (χ2v) is 4.58. The van der Waals surface area contributed by atoms with Gasteiger partial charge in [0.1, 0.15) is 0 Å². The third-order valence-electron chi connectivity index (χ3n) is 2.22. The molecule has 0 aliphatic heterocycles. The van der Waals surface area contributed by atoms with Crippen molar-refractivity contribution in [1.82, 2.24) is 10.3 Å². The topological polar surface area (TPSA) is 54.0 Å². The lowest BCUT2D eigenvalue weighted by Crippen LogP contribution is -2.26. The molecular formula is C12H19N3OS. The number of carbonyl (C=O) groups excluding carboxylic acids is 1. The van der Waals surface area contributed by atoms with Crippen molar-refractivity contribution in [2.45, 2.75) is 13.3 Å². The lowest BCUT2D eigenvalue weighted by Gasteiger charge is -2.10. The molecule has 2 N–H and O–H groups in total. The van der Waals surface area contributed by atoms with Crippen LogP contribution < -0.4 is 10.6 Å². The molecule has 94 valence electrons. The highest BCUT2D eigenvalue weighted by Gasteiger charge is 2.09. The molecule has 0 spiro atoms. The summed E-state index contributed by atoms with van der Waals surface area (Å²) in [5, 5.41) is 6.09. The van der Waals surface area contributed by atoms with Crippen LogP contribution >= 0.6 is 11.8 Å². The van der Waals surface area contributed by atoms with Gasteiger partial charge in [0.25, 0.3) is 5.91 Å². The molecule has 0 unspecified atom stereocenters. The van der Waals surface area contributed by atoms with Crippen molar-refractivity contribution in [3.63, 3.8) is 0 Å². The van der Waals surface area contributed by atoms with Gasteiger partial charge in [0.2, 0.25) is 0 Å². The molecule has 0 aromatic carbocycles. The number of anilines is 1. The molecule has 1 aromatic heterocycles. The summed E-state index contributed by atoms with van der Waals surface area (Å²) >= 11 is 1.71. The average molecular weight is 253 g/mol. The zero-order valence-electron chi connectivity index (χ0n) is 10.3. The number of nitrogens with one attached hydrogen (secondary N) is 2. The molecule has 1 aromatic rings. The van der Waals surface area contributed by atoms with E-state index in [0.717, 1.165) is 24.4 Å². The Labute approximate surface area is 107 Å². The van der Waals surface area contributed by atoms with Crippen LogP contribution in [0.1, 0.15) is 23.7 Å². The number of hydrogen-bond acceptors (Lipinski definition) is 4. The number of hydrogen-bond donors (Lipinski definition) is 2. The first-order chi connectivity index (χ1) is 8.29. The molecule has 17 heavy (non-hydrogen) atoms.